The normalized spacial score (nSPS) is 12.8. The van der Waals surface area contributed by atoms with Crippen molar-refractivity contribution in [2.75, 3.05) is 0 Å². The Morgan fingerprint density at radius 2 is 1.67 bits per heavy atom. The van der Waals surface area contributed by atoms with E-state index in [0.29, 0.717) is 5.02 Å². The number of aromatic nitrogens is 2. The van der Waals surface area contributed by atoms with Gasteiger partial charge in [-0.3, -0.25) is 0 Å². The number of hydrogen-bond donors (Lipinski definition) is 2. The van der Waals surface area contributed by atoms with Gasteiger partial charge in [0.25, 0.3) is 0 Å². The van der Waals surface area contributed by atoms with Crippen LogP contribution < -0.4 is 5.69 Å². The van der Waals surface area contributed by atoms with Crippen molar-refractivity contribution in [3.63, 3.8) is 0 Å². The summed E-state index contributed by atoms with van der Waals surface area (Å²) in [5, 5.41) is 0.657. The number of nitrogens with one attached hydrogen (secondary N) is 2. The minimum absolute atomic E-state index is 0.0414. The van der Waals surface area contributed by atoms with Crippen LogP contribution in [0.4, 0.5) is 0 Å². The van der Waals surface area contributed by atoms with Crippen LogP contribution >= 0.6 is 59.4 Å². The van der Waals surface area contributed by atoms with Crippen LogP contribution in [0.1, 0.15) is 16.0 Å². The zero-order valence-corrected chi connectivity index (χ0v) is 15.9. The van der Waals surface area contributed by atoms with Gasteiger partial charge >= 0.3 is 5.69 Å². The van der Waals surface area contributed by atoms with E-state index in [2.05, 4.69) is 57.8 Å². The second kappa shape index (κ2) is 5.91. The van der Waals surface area contributed by atoms with Crippen molar-refractivity contribution in [3.05, 3.63) is 65.9 Å². The highest BCUT2D eigenvalue weighted by Gasteiger charge is 2.16. The van der Waals surface area contributed by atoms with Gasteiger partial charge in [0.05, 0.1) is 20.9 Å². The van der Waals surface area contributed by atoms with Crippen LogP contribution in [0.2, 0.25) is 5.02 Å². The number of imidazole rings is 1. The maximum absolute atomic E-state index is 11.4. The van der Waals surface area contributed by atoms with Crippen molar-refractivity contribution in [1.82, 2.24) is 9.97 Å². The third-order valence-electron chi connectivity index (χ3n) is 3.14. The molecule has 2 aromatic carbocycles. The molecule has 0 aliphatic heterocycles. The Kier molecular flexibility index (Phi) is 4.32. The molecule has 0 saturated carbocycles. The molecule has 21 heavy (non-hydrogen) atoms. The van der Waals surface area contributed by atoms with Crippen LogP contribution in [0, 0.1) is 0 Å². The Labute approximate surface area is 150 Å². The molecule has 3 rings (SSSR count). The zero-order chi connectivity index (χ0) is 15.1. The van der Waals surface area contributed by atoms with Gasteiger partial charge in [-0.1, -0.05) is 49.5 Å². The third-order valence-corrected chi connectivity index (χ3v) is 6.08. The average molecular weight is 495 g/mol. The maximum Gasteiger partial charge on any atom is 0.323 e. The van der Waals surface area contributed by atoms with Crippen LogP contribution in [0.15, 0.2) is 44.1 Å². The smallest absolute Gasteiger partial charge is 0.306 e. The van der Waals surface area contributed by atoms with Gasteiger partial charge < -0.3 is 9.97 Å². The Bertz CT molecular complexity index is 888. The van der Waals surface area contributed by atoms with E-state index in [-0.39, 0.29) is 10.5 Å². The SMILES string of the molecule is O=c1[nH]c2cc(Br)c(C(Br)c3ccc(Br)c(Cl)c3)cc2[nH]1. The number of halogens is 4. The van der Waals surface area contributed by atoms with E-state index in [0.717, 1.165) is 31.1 Å². The van der Waals surface area contributed by atoms with Crippen LogP contribution in [0.3, 0.4) is 0 Å². The number of rotatable bonds is 2. The largest absolute Gasteiger partial charge is 0.323 e. The monoisotopic (exact) mass is 492 g/mol. The quantitative estimate of drug-likeness (QED) is 0.452. The standard InChI is InChI=1S/C14H8Br3ClN2O/c15-8-2-1-6(3-10(8)18)13(17)7-4-11-12(5-9(7)16)20-14(21)19-11/h1-5,13H,(H2,19,20,21). The Morgan fingerprint density at radius 1 is 1.00 bits per heavy atom. The Morgan fingerprint density at radius 3 is 2.33 bits per heavy atom. The molecular weight excluding hydrogens is 487 g/mol. The molecule has 0 fully saturated rings. The fourth-order valence-electron chi connectivity index (χ4n) is 2.12. The average Bonchev–Trinajstić information content (AvgIpc) is 2.79. The topological polar surface area (TPSA) is 48.6 Å². The lowest BCUT2D eigenvalue weighted by molar-refractivity contribution is 1.17. The summed E-state index contributed by atoms with van der Waals surface area (Å²) in [4.78, 5) is 16.8. The van der Waals surface area contributed by atoms with E-state index in [1.807, 2.05) is 30.3 Å². The van der Waals surface area contributed by atoms with Crippen molar-refractivity contribution >= 4 is 70.4 Å². The van der Waals surface area contributed by atoms with Crippen molar-refractivity contribution in [3.8, 4) is 0 Å². The van der Waals surface area contributed by atoms with E-state index in [4.69, 9.17) is 11.6 Å². The van der Waals surface area contributed by atoms with Gasteiger partial charge in [0.1, 0.15) is 0 Å². The van der Waals surface area contributed by atoms with Gasteiger partial charge in [-0.2, -0.15) is 0 Å². The lowest BCUT2D eigenvalue weighted by Crippen LogP contribution is -1.99. The highest BCUT2D eigenvalue weighted by molar-refractivity contribution is 9.11. The number of benzene rings is 2. The van der Waals surface area contributed by atoms with E-state index in [1.165, 1.54) is 0 Å². The van der Waals surface area contributed by atoms with Crippen molar-refractivity contribution < 1.29 is 0 Å². The highest BCUT2D eigenvalue weighted by atomic mass is 79.9. The van der Waals surface area contributed by atoms with E-state index in [9.17, 15) is 4.79 Å². The third kappa shape index (κ3) is 2.99. The van der Waals surface area contributed by atoms with Gasteiger partial charge in [0, 0.05) is 8.95 Å². The minimum Gasteiger partial charge on any atom is -0.306 e. The lowest BCUT2D eigenvalue weighted by Gasteiger charge is -2.14. The van der Waals surface area contributed by atoms with Gasteiger partial charge in [-0.15, -0.1) is 0 Å². The van der Waals surface area contributed by atoms with Crippen LogP contribution in [-0.2, 0) is 0 Å². The molecule has 3 aromatic rings. The molecule has 0 aliphatic carbocycles. The number of H-pyrrole nitrogens is 2. The predicted molar refractivity (Wildman–Crippen MR) is 96.5 cm³/mol. The first-order chi connectivity index (χ1) is 9.95. The molecule has 0 bridgehead atoms. The Balaban J connectivity index is 2.11. The summed E-state index contributed by atoms with van der Waals surface area (Å²) >= 11 is 16.8. The van der Waals surface area contributed by atoms with E-state index < -0.39 is 0 Å². The highest BCUT2D eigenvalue weighted by Crippen LogP contribution is 2.38. The fourth-order valence-corrected chi connectivity index (χ4v) is 4.10. The number of aromatic amines is 2. The summed E-state index contributed by atoms with van der Waals surface area (Å²) in [6.45, 7) is 0. The van der Waals surface area contributed by atoms with Crippen LogP contribution in [0.5, 0.6) is 0 Å². The number of hydrogen-bond acceptors (Lipinski definition) is 1. The summed E-state index contributed by atoms with van der Waals surface area (Å²) in [6.07, 6.45) is 0. The molecule has 1 unspecified atom stereocenters. The van der Waals surface area contributed by atoms with Crippen LogP contribution in [0.25, 0.3) is 11.0 Å². The van der Waals surface area contributed by atoms with Crippen molar-refractivity contribution in [2.45, 2.75) is 4.83 Å². The van der Waals surface area contributed by atoms with E-state index in [1.54, 1.807) is 0 Å². The second-order valence-electron chi connectivity index (χ2n) is 4.53. The van der Waals surface area contributed by atoms with Gasteiger partial charge in [-0.05, 0) is 51.3 Å². The molecule has 1 heterocycles. The summed E-state index contributed by atoms with van der Waals surface area (Å²) in [7, 11) is 0. The summed E-state index contributed by atoms with van der Waals surface area (Å²) in [6, 6.07) is 9.63. The van der Waals surface area contributed by atoms with Crippen LogP contribution in [-0.4, -0.2) is 9.97 Å². The first-order valence-electron chi connectivity index (χ1n) is 5.96. The molecule has 0 aliphatic rings. The molecule has 0 amide bonds. The number of alkyl halides is 1. The van der Waals surface area contributed by atoms with Crippen molar-refractivity contribution in [1.29, 1.82) is 0 Å². The summed E-state index contributed by atoms with van der Waals surface area (Å²) < 4.78 is 1.77. The lowest BCUT2D eigenvalue weighted by atomic mass is 10.0. The fraction of sp³-hybridized carbons (Fsp3) is 0.0714. The first-order valence-corrected chi connectivity index (χ1v) is 8.84. The van der Waals surface area contributed by atoms with Gasteiger partial charge in [0.2, 0.25) is 0 Å². The molecule has 7 heteroatoms. The number of fused-ring (bicyclic) bond motifs is 1. The summed E-state index contributed by atoms with van der Waals surface area (Å²) in [5.74, 6) is 0. The molecule has 0 spiro atoms. The molecule has 0 radical (unpaired) electrons. The molecule has 2 N–H and O–H groups in total. The molecule has 1 aromatic heterocycles. The zero-order valence-electron chi connectivity index (χ0n) is 10.4. The molecule has 108 valence electrons. The second-order valence-corrected chi connectivity index (χ2v) is 7.57. The van der Waals surface area contributed by atoms with Gasteiger partial charge in [-0.25, -0.2) is 4.79 Å². The van der Waals surface area contributed by atoms with Crippen molar-refractivity contribution in [2.24, 2.45) is 0 Å². The molecule has 3 nitrogen and oxygen atoms in total. The minimum atomic E-state index is -0.216. The Hall–Kier alpha value is -0.560. The molecule has 0 saturated heterocycles. The first kappa shape index (κ1) is 15.3. The predicted octanol–water partition coefficient (Wildman–Crippen LogP) is 5.52. The van der Waals surface area contributed by atoms with E-state index >= 15 is 0 Å². The molecular formula is C14H8Br3ClN2O. The summed E-state index contributed by atoms with van der Waals surface area (Å²) in [5.41, 5.74) is 3.36. The maximum atomic E-state index is 11.4. The van der Waals surface area contributed by atoms with Gasteiger partial charge in [0.15, 0.2) is 0 Å². The molecule has 1 atom stereocenters.